The lowest BCUT2D eigenvalue weighted by Crippen LogP contribution is -2.23. The van der Waals surface area contributed by atoms with Gasteiger partial charge in [-0.05, 0) is 12.1 Å². The summed E-state index contributed by atoms with van der Waals surface area (Å²) in [5.41, 5.74) is 0.117. The Labute approximate surface area is 85.2 Å². The number of fused-ring (bicyclic) bond motifs is 1. The van der Waals surface area contributed by atoms with Gasteiger partial charge in [-0.25, -0.2) is 4.79 Å². The molecule has 0 fully saturated rings. The van der Waals surface area contributed by atoms with Crippen LogP contribution in [0.15, 0.2) is 12.1 Å². The number of esters is 1. The average molecular weight is 210 g/mol. The molecule has 6 nitrogen and oxygen atoms in total. The Bertz CT molecular complexity index is 418. The van der Waals surface area contributed by atoms with Gasteiger partial charge in [-0.3, -0.25) is 0 Å². The third-order valence-electron chi connectivity index (χ3n) is 1.90. The molecule has 78 valence electrons. The van der Waals surface area contributed by atoms with E-state index >= 15 is 0 Å². The number of phenolic OH excluding ortho intramolecular Hbond substituents is 1. The molecule has 0 radical (unpaired) electrons. The molecule has 0 atom stereocenters. The van der Waals surface area contributed by atoms with Crippen LogP contribution in [0.3, 0.4) is 0 Å². The largest absolute Gasteiger partial charge is 0.785 e. The minimum atomic E-state index is -1.46. The SMILES string of the molecule is COC(=O)c1cc(O)c2c(c1)OB(O)O2. The van der Waals surface area contributed by atoms with Gasteiger partial charge >= 0.3 is 13.3 Å². The average Bonchev–Trinajstić information content (AvgIpc) is 2.58. The molecule has 1 heterocycles. The predicted octanol–water partition coefficient (Wildman–Crippen LogP) is -0.0728. The Morgan fingerprint density at radius 3 is 2.87 bits per heavy atom. The van der Waals surface area contributed by atoms with Crippen molar-refractivity contribution in [3.8, 4) is 17.2 Å². The molecule has 1 aliphatic heterocycles. The Kier molecular flexibility index (Phi) is 2.16. The maximum atomic E-state index is 11.2. The van der Waals surface area contributed by atoms with Crippen LogP contribution in [0, 0.1) is 0 Å². The lowest BCUT2D eigenvalue weighted by Gasteiger charge is -2.03. The van der Waals surface area contributed by atoms with E-state index < -0.39 is 13.3 Å². The fourth-order valence-electron chi connectivity index (χ4n) is 1.26. The third kappa shape index (κ3) is 1.57. The van der Waals surface area contributed by atoms with Crippen molar-refractivity contribution in [1.82, 2.24) is 0 Å². The molecule has 2 N–H and O–H groups in total. The lowest BCUT2D eigenvalue weighted by atomic mass is 10.2. The topological polar surface area (TPSA) is 85.2 Å². The van der Waals surface area contributed by atoms with Gasteiger partial charge in [-0.1, -0.05) is 0 Å². The van der Waals surface area contributed by atoms with Gasteiger partial charge in [0, 0.05) is 0 Å². The highest BCUT2D eigenvalue weighted by molar-refractivity contribution is 6.38. The Morgan fingerprint density at radius 2 is 2.20 bits per heavy atom. The summed E-state index contributed by atoms with van der Waals surface area (Å²) in [6.07, 6.45) is 0. The number of carbonyl (C=O) groups excluding carboxylic acids is 1. The minimum Gasteiger partial charge on any atom is -0.504 e. The Balaban J connectivity index is 2.44. The number of hydrogen-bond donors (Lipinski definition) is 2. The zero-order valence-corrected chi connectivity index (χ0v) is 7.76. The second-order valence-electron chi connectivity index (χ2n) is 2.86. The molecule has 0 saturated heterocycles. The summed E-state index contributed by atoms with van der Waals surface area (Å²) in [5.74, 6) is -0.791. The van der Waals surface area contributed by atoms with Crippen LogP contribution in [0.4, 0.5) is 0 Å². The summed E-state index contributed by atoms with van der Waals surface area (Å²) in [4.78, 5) is 11.2. The van der Waals surface area contributed by atoms with Crippen molar-refractivity contribution in [2.24, 2.45) is 0 Å². The number of hydrogen-bond acceptors (Lipinski definition) is 6. The Hall–Kier alpha value is -1.89. The van der Waals surface area contributed by atoms with Crippen molar-refractivity contribution in [2.75, 3.05) is 7.11 Å². The van der Waals surface area contributed by atoms with Gasteiger partial charge in [0.1, 0.15) is 5.75 Å². The van der Waals surface area contributed by atoms with Crippen LogP contribution in [0.5, 0.6) is 17.2 Å². The van der Waals surface area contributed by atoms with E-state index in [-0.39, 0.29) is 22.8 Å². The fraction of sp³-hybridized carbons (Fsp3) is 0.125. The van der Waals surface area contributed by atoms with Crippen molar-refractivity contribution < 1.29 is 29.0 Å². The summed E-state index contributed by atoms with van der Waals surface area (Å²) >= 11 is 0. The van der Waals surface area contributed by atoms with Gasteiger partial charge in [0.05, 0.1) is 12.7 Å². The normalized spacial score (nSPS) is 12.8. The van der Waals surface area contributed by atoms with E-state index in [2.05, 4.69) is 4.74 Å². The maximum Gasteiger partial charge on any atom is 0.785 e. The monoisotopic (exact) mass is 210 g/mol. The molecule has 15 heavy (non-hydrogen) atoms. The molecule has 1 aromatic rings. The first-order valence-corrected chi connectivity index (χ1v) is 4.08. The zero-order chi connectivity index (χ0) is 11.0. The van der Waals surface area contributed by atoms with Crippen molar-refractivity contribution in [2.45, 2.75) is 0 Å². The van der Waals surface area contributed by atoms with Crippen molar-refractivity contribution >= 4 is 13.3 Å². The van der Waals surface area contributed by atoms with Crippen molar-refractivity contribution in [3.05, 3.63) is 17.7 Å². The van der Waals surface area contributed by atoms with Gasteiger partial charge < -0.3 is 24.2 Å². The van der Waals surface area contributed by atoms with Gasteiger partial charge in [-0.15, -0.1) is 0 Å². The molecule has 7 heteroatoms. The van der Waals surface area contributed by atoms with E-state index in [0.29, 0.717) is 0 Å². The van der Waals surface area contributed by atoms with Crippen molar-refractivity contribution in [3.63, 3.8) is 0 Å². The minimum absolute atomic E-state index is 0.00940. The molecule has 0 amide bonds. The number of phenols is 1. The molecule has 0 saturated carbocycles. The zero-order valence-electron chi connectivity index (χ0n) is 7.76. The molecular weight excluding hydrogens is 203 g/mol. The van der Waals surface area contributed by atoms with E-state index in [9.17, 15) is 9.90 Å². The molecule has 0 aromatic heterocycles. The van der Waals surface area contributed by atoms with Crippen molar-refractivity contribution in [1.29, 1.82) is 0 Å². The van der Waals surface area contributed by atoms with Gasteiger partial charge in [0.15, 0.2) is 11.5 Å². The van der Waals surface area contributed by atoms with E-state index in [1.54, 1.807) is 0 Å². The predicted molar refractivity (Wildman–Crippen MR) is 48.7 cm³/mol. The highest BCUT2D eigenvalue weighted by Gasteiger charge is 2.34. The van der Waals surface area contributed by atoms with Crippen LogP contribution < -0.4 is 9.31 Å². The molecule has 0 unspecified atom stereocenters. The van der Waals surface area contributed by atoms with Gasteiger partial charge in [0.2, 0.25) is 0 Å². The summed E-state index contributed by atoms with van der Waals surface area (Å²) in [6.45, 7) is 0. The van der Waals surface area contributed by atoms with Crippen LogP contribution in [0.1, 0.15) is 10.4 Å². The highest BCUT2D eigenvalue weighted by atomic mass is 16.7. The summed E-state index contributed by atoms with van der Waals surface area (Å²) in [6, 6.07) is 2.49. The number of benzene rings is 1. The van der Waals surface area contributed by atoms with Gasteiger partial charge in [0.25, 0.3) is 0 Å². The van der Waals surface area contributed by atoms with Crippen LogP contribution >= 0.6 is 0 Å². The van der Waals surface area contributed by atoms with Crippen LogP contribution in [0.25, 0.3) is 0 Å². The highest BCUT2D eigenvalue weighted by Crippen LogP contribution is 2.41. The molecule has 0 aliphatic carbocycles. The molecule has 1 aliphatic rings. The fourth-order valence-corrected chi connectivity index (χ4v) is 1.26. The van der Waals surface area contributed by atoms with Crippen LogP contribution in [0.2, 0.25) is 0 Å². The summed E-state index contributed by atoms with van der Waals surface area (Å²) in [5, 5.41) is 18.4. The van der Waals surface area contributed by atoms with E-state index in [4.69, 9.17) is 14.3 Å². The summed E-state index contributed by atoms with van der Waals surface area (Å²) in [7, 11) is -0.238. The van der Waals surface area contributed by atoms with E-state index in [0.717, 1.165) is 0 Å². The first-order valence-electron chi connectivity index (χ1n) is 4.08. The van der Waals surface area contributed by atoms with Gasteiger partial charge in [-0.2, -0.15) is 0 Å². The summed E-state index contributed by atoms with van der Waals surface area (Å²) < 4.78 is 14.0. The standard InChI is InChI=1S/C8H7BO6/c1-13-8(11)4-2-5(10)7-6(3-4)14-9(12)15-7/h2-3,10,12H,1H3. The first-order chi connectivity index (χ1) is 7.11. The molecule has 0 bridgehead atoms. The lowest BCUT2D eigenvalue weighted by molar-refractivity contribution is 0.0600. The van der Waals surface area contributed by atoms with E-state index in [1.807, 2.05) is 0 Å². The third-order valence-corrected chi connectivity index (χ3v) is 1.90. The quantitative estimate of drug-likeness (QED) is 0.498. The Morgan fingerprint density at radius 1 is 1.47 bits per heavy atom. The number of ether oxygens (including phenoxy) is 1. The number of rotatable bonds is 1. The van der Waals surface area contributed by atoms with Crippen LogP contribution in [-0.2, 0) is 4.74 Å². The number of methoxy groups -OCH3 is 1. The molecule has 0 spiro atoms. The molecule has 2 rings (SSSR count). The second kappa shape index (κ2) is 3.36. The van der Waals surface area contributed by atoms with Crippen LogP contribution in [-0.4, -0.2) is 30.5 Å². The smallest absolute Gasteiger partial charge is 0.504 e. The number of carbonyl (C=O) groups is 1. The molecular formula is C8H7BO6. The van der Waals surface area contributed by atoms with E-state index in [1.165, 1.54) is 19.2 Å². The maximum absolute atomic E-state index is 11.2. The number of aromatic hydroxyl groups is 1. The second-order valence-corrected chi connectivity index (χ2v) is 2.86. The molecule has 1 aromatic carbocycles. The first kappa shape index (κ1) is 9.66.